The van der Waals surface area contributed by atoms with Crippen molar-refractivity contribution in [1.82, 2.24) is 20.5 Å². The topological polar surface area (TPSA) is 72.5 Å². The number of aliphatic imine (C=N–C) groups is 1. The van der Waals surface area contributed by atoms with E-state index in [1.807, 2.05) is 6.92 Å². The van der Waals surface area contributed by atoms with Crippen LogP contribution in [0.5, 0.6) is 0 Å². The molecule has 1 aromatic carbocycles. The lowest BCUT2D eigenvalue weighted by Crippen LogP contribution is -2.39. The molecule has 0 saturated heterocycles. The van der Waals surface area contributed by atoms with E-state index in [9.17, 15) is 4.79 Å². The first kappa shape index (κ1) is 17.8. The number of guanidine groups is 1. The number of hydrogen-bond donors (Lipinski definition) is 3. The van der Waals surface area contributed by atoms with Crippen molar-refractivity contribution < 1.29 is 4.79 Å². The molecule has 2 aromatic rings. The lowest BCUT2D eigenvalue weighted by molar-refractivity contribution is -0.127. The highest BCUT2D eigenvalue weighted by Crippen LogP contribution is 2.19. The van der Waals surface area contributed by atoms with Gasteiger partial charge in [-0.15, -0.1) is 0 Å². The van der Waals surface area contributed by atoms with Gasteiger partial charge in [0.25, 0.3) is 0 Å². The number of amides is 1. The van der Waals surface area contributed by atoms with E-state index in [2.05, 4.69) is 51.9 Å². The van der Waals surface area contributed by atoms with Crippen LogP contribution in [-0.4, -0.2) is 55.5 Å². The van der Waals surface area contributed by atoms with Crippen LogP contribution >= 0.6 is 0 Å². The Balaban J connectivity index is 1.94. The number of nitrogens with one attached hydrogen (secondary N) is 3. The van der Waals surface area contributed by atoms with Gasteiger partial charge < -0.3 is 20.5 Å². The van der Waals surface area contributed by atoms with Crippen molar-refractivity contribution >= 4 is 22.8 Å². The molecule has 1 aromatic heterocycles. The van der Waals surface area contributed by atoms with E-state index in [1.165, 1.54) is 22.0 Å². The number of H-pyrrole nitrogens is 1. The summed E-state index contributed by atoms with van der Waals surface area (Å²) >= 11 is 0. The van der Waals surface area contributed by atoms with Gasteiger partial charge in [0, 0.05) is 44.3 Å². The average Bonchev–Trinajstić information content (AvgIpc) is 2.94. The van der Waals surface area contributed by atoms with Gasteiger partial charge in [0.1, 0.15) is 6.54 Å². The fourth-order valence-electron chi connectivity index (χ4n) is 2.45. The van der Waals surface area contributed by atoms with Crippen LogP contribution in [0.2, 0.25) is 0 Å². The summed E-state index contributed by atoms with van der Waals surface area (Å²) in [6.07, 6.45) is 2.94. The highest BCUT2D eigenvalue weighted by atomic mass is 16.2. The number of fused-ring (bicyclic) bond motifs is 1. The number of carbonyl (C=O) groups excluding carboxylic acids is 1. The van der Waals surface area contributed by atoms with Gasteiger partial charge in [-0.1, -0.05) is 12.1 Å². The van der Waals surface area contributed by atoms with E-state index in [-0.39, 0.29) is 12.5 Å². The Labute approximate surface area is 143 Å². The van der Waals surface area contributed by atoms with Crippen LogP contribution in [0.1, 0.15) is 18.1 Å². The number of aromatic amines is 1. The molecule has 0 atom stereocenters. The highest BCUT2D eigenvalue weighted by Gasteiger charge is 2.06. The van der Waals surface area contributed by atoms with Crippen LogP contribution in [0.3, 0.4) is 0 Å². The first-order chi connectivity index (χ1) is 11.5. The third-order valence-electron chi connectivity index (χ3n) is 3.83. The highest BCUT2D eigenvalue weighted by molar-refractivity contribution is 5.85. The van der Waals surface area contributed by atoms with E-state index in [1.54, 1.807) is 19.0 Å². The normalized spacial score (nSPS) is 11.6. The maximum atomic E-state index is 11.6. The van der Waals surface area contributed by atoms with Crippen molar-refractivity contribution in [3.63, 3.8) is 0 Å². The number of rotatable bonds is 6. The Hall–Kier alpha value is -2.50. The summed E-state index contributed by atoms with van der Waals surface area (Å²) in [5.41, 5.74) is 3.70. The molecular weight excluding hydrogens is 302 g/mol. The third kappa shape index (κ3) is 4.75. The fraction of sp³-hybridized carbons (Fsp3) is 0.444. The number of likely N-dealkylation sites (N-methyl/N-ethyl adjacent to an activating group) is 1. The maximum Gasteiger partial charge on any atom is 0.243 e. The van der Waals surface area contributed by atoms with Crippen molar-refractivity contribution in [2.24, 2.45) is 4.99 Å². The number of carbonyl (C=O) groups is 1. The zero-order valence-electron chi connectivity index (χ0n) is 14.9. The minimum Gasteiger partial charge on any atom is -0.361 e. The SMILES string of the molecule is CCNC(=NCC(=O)N(C)C)NCCc1c[nH]c2cc(C)ccc12. The zero-order valence-corrected chi connectivity index (χ0v) is 14.9. The third-order valence-corrected chi connectivity index (χ3v) is 3.83. The average molecular weight is 329 g/mol. The second-order valence-electron chi connectivity index (χ2n) is 6.02. The molecular formula is C18H27N5O. The van der Waals surface area contributed by atoms with Crippen LogP contribution in [-0.2, 0) is 11.2 Å². The maximum absolute atomic E-state index is 11.6. The van der Waals surface area contributed by atoms with Gasteiger partial charge >= 0.3 is 0 Å². The lowest BCUT2D eigenvalue weighted by Gasteiger charge is -2.12. The van der Waals surface area contributed by atoms with Crippen molar-refractivity contribution in [1.29, 1.82) is 0 Å². The zero-order chi connectivity index (χ0) is 17.5. The minimum atomic E-state index is -0.0146. The van der Waals surface area contributed by atoms with Crippen molar-refractivity contribution in [2.45, 2.75) is 20.3 Å². The van der Waals surface area contributed by atoms with Crippen molar-refractivity contribution in [3.8, 4) is 0 Å². The predicted molar refractivity (Wildman–Crippen MR) is 99.4 cm³/mol. The molecule has 3 N–H and O–H groups in total. The van der Waals surface area contributed by atoms with Crippen LogP contribution in [0.25, 0.3) is 10.9 Å². The molecule has 0 unspecified atom stereocenters. The molecule has 0 aliphatic heterocycles. The monoisotopic (exact) mass is 329 g/mol. The summed E-state index contributed by atoms with van der Waals surface area (Å²) < 4.78 is 0. The molecule has 1 amide bonds. The van der Waals surface area contributed by atoms with Gasteiger partial charge in [0.05, 0.1) is 0 Å². The van der Waals surface area contributed by atoms with E-state index in [0.717, 1.165) is 19.5 Å². The predicted octanol–water partition coefficient (Wildman–Crippen LogP) is 1.66. The molecule has 0 spiro atoms. The standard InChI is InChI=1S/C18H27N5O/c1-5-19-18(22-12-17(24)23(3)4)20-9-8-14-11-21-16-10-13(2)6-7-15(14)16/h6-7,10-11,21H,5,8-9,12H2,1-4H3,(H2,19,20,22). The van der Waals surface area contributed by atoms with Crippen LogP contribution < -0.4 is 10.6 Å². The molecule has 0 bridgehead atoms. The molecule has 6 nitrogen and oxygen atoms in total. The van der Waals surface area contributed by atoms with Gasteiger partial charge in [0.2, 0.25) is 5.91 Å². The van der Waals surface area contributed by atoms with E-state index >= 15 is 0 Å². The Morgan fingerprint density at radius 3 is 2.79 bits per heavy atom. The Morgan fingerprint density at radius 1 is 1.29 bits per heavy atom. The minimum absolute atomic E-state index is 0.0146. The number of hydrogen-bond acceptors (Lipinski definition) is 2. The van der Waals surface area contributed by atoms with Gasteiger partial charge in [-0.05, 0) is 37.5 Å². The van der Waals surface area contributed by atoms with Gasteiger partial charge in [-0.2, -0.15) is 0 Å². The number of aryl methyl sites for hydroxylation is 1. The number of aromatic nitrogens is 1. The summed E-state index contributed by atoms with van der Waals surface area (Å²) in [4.78, 5) is 20.8. The first-order valence-electron chi connectivity index (χ1n) is 8.30. The van der Waals surface area contributed by atoms with Crippen molar-refractivity contribution in [2.75, 3.05) is 33.7 Å². The van der Waals surface area contributed by atoms with Crippen LogP contribution in [0.4, 0.5) is 0 Å². The lowest BCUT2D eigenvalue weighted by atomic mass is 10.1. The van der Waals surface area contributed by atoms with E-state index in [0.29, 0.717) is 5.96 Å². The smallest absolute Gasteiger partial charge is 0.243 e. The molecule has 2 rings (SSSR count). The summed E-state index contributed by atoms with van der Waals surface area (Å²) in [7, 11) is 3.47. The molecule has 0 aliphatic rings. The van der Waals surface area contributed by atoms with Crippen molar-refractivity contribution in [3.05, 3.63) is 35.5 Å². The molecule has 0 radical (unpaired) electrons. The Bertz CT molecular complexity index is 717. The summed E-state index contributed by atoms with van der Waals surface area (Å²) in [5, 5.41) is 7.70. The summed E-state index contributed by atoms with van der Waals surface area (Å²) in [6, 6.07) is 6.45. The second-order valence-corrected chi connectivity index (χ2v) is 6.02. The largest absolute Gasteiger partial charge is 0.361 e. The molecule has 6 heteroatoms. The molecule has 130 valence electrons. The molecule has 1 heterocycles. The first-order valence-corrected chi connectivity index (χ1v) is 8.30. The van der Waals surface area contributed by atoms with Gasteiger partial charge in [-0.25, -0.2) is 4.99 Å². The summed E-state index contributed by atoms with van der Waals surface area (Å²) in [6.45, 7) is 5.76. The van der Waals surface area contributed by atoms with Gasteiger partial charge in [0.15, 0.2) is 5.96 Å². The summed E-state index contributed by atoms with van der Waals surface area (Å²) in [5.74, 6) is 0.655. The molecule has 0 saturated carbocycles. The van der Waals surface area contributed by atoms with Crippen LogP contribution in [0, 0.1) is 6.92 Å². The van der Waals surface area contributed by atoms with Crippen LogP contribution in [0.15, 0.2) is 29.4 Å². The number of benzene rings is 1. The molecule has 0 aliphatic carbocycles. The van der Waals surface area contributed by atoms with E-state index < -0.39 is 0 Å². The Kier molecular flexibility index (Phi) is 6.23. The molecule has 24 heavy (non-hydrogen) atoms. The molecule has 0 fully saturated rings. The Morgan fingerprint density at radius 2 is 2.08 bits per heavy atom. The second kappa shape index (κ2) is 8.38. The van der Waals surface area contributed by atoms with Gasteiger partial charge in [-0.3, -0.25) is 4.79 Å². The number of nitrogens with zero attached hydrogens (tertiary/aromatic N) is 2. The van der Waals surface area contributed by atoms with E-state index in [4.69, 9.17) is 0 Å². The quantitative estimate of drug-likeness (QED) is 0.557. The fourth-order valence-corrected chi connectivity index (χ4v) is 2.45.